The molecule has 2 aromatic carbocycles. The molecule has 0 spiro atoms. The van der Waals surface area contributed by atoms with Crippen molar-refractivity contribution in [2.75, 3.05) is 31.6 Å². The third kappa shape index (κ3) is 6.91. The van der Waals surface area contributed by atoms with Crippen LogP contribution in [0.3, 0.4) is 0 Å². The van der Waals surface area contributed by atoms with Crippen LogP contribution < -0.4 is 5.43 Å². The first kappa shape index (κ1) is 20.9. The van der Waals surface area contributed by atoms with Gasteiger partial charge in [0.15, 0.2) is 0 Å². The number of benzene rings is 2. The van der Waals surface area contributed by atoms with Gasteiger partial charge in [-0.05, 0) is 50.1 Å². The van der Waals surface area contributed by atoms with E-state index in [9.17, 15) is 4.79 Å². The zero-order valence-electron chi connectivity index (χ0n) is 17.5. The van der Waals surface area contributed by atoms with Crippen LogP contribution in [-0.2, 0) is 11.3 Å². The molecule has 0 aliphatic carbocycles. The molecule has 29 heavy (non-hydrogen) atoms. The molecule has 0 bridgehead atoms. The predicted octanol–water partition coefficient (Wildman–Crippen LogP) is 4.19. The number of nitrogens with one attached hydrogen (secondary N) is 1. The number of carbonyl (C=O) groups is 1. The molecular formula is C23H30N4O2. The average molecular weight is 395 g/mol. The van der Waals surface area contributed by atoms with Gasteiger partial charge < -0.3 is 9.64 Å². The molecule has 1 N–H and O–H groups in total. The van der Waals surface area contributed by atoms with E-state index in [2.05, 4.69) is 33.6 Å². The second-order valence-corrected chi connectivity index (χ2v) is 8.22. The van der Waals surface area contributed by atoms with Gasteiger partial charge in [-0.3, -0.25) is 10.3 Å². The van der Waals surface area contributed by atoms with Gasteiger partial charge in [0, 0.05) is 32.7 Å². The third-order valence-electron chi connectivity index (χ3n) is 4.56. The van der Waals surface area contributed by atoms with Crippen LogP contribution in [0.1, 0.15) is 31.9 Å². The molecule has 1 saturated heterocycles. The molecule has 1 aliphatic heterocycles. The highest BCUT2D eigenvalue weighted by atomic mass is 16.6. The summed E-state index contributed by atoms with van der Waals surface area (Å²) in [5, 5.41) is 4.31. The maximum atomic E-state index is 12.2. The van der Waals surface area contributed by atoms with E-state index in [-0.39, 0.29) is 6.09 Å². The number of nitrogens with zero attached hydrogens (tertiary/aromatic N) is 3. The Morgan fingerprint density at radius 3 is 2.48 bits per heavy atom. The standard InChI is InChI=1S/C23H30N4O2/c1-23(2,3)29-22(28)27-14-12-26(13-15-27)18-20-9-7-8-19(16-20)17-24-25-21-10-5-4-6-11-21/h4-11,16-17,25H,12-15,18H2,1-3H3. The Morgan fingerprint density at radius 1 is 1.07 bits per heavy atom. The number of carbonyl (C=O) groups excluding carboxylic acids is 1. The summed E-state index contributed by atoms with van der Waals surface area (Å²) in [5.41, 5.74) is 5.83. The fraction of sp³-hybridized carbons (Fsp3) is 0.391. The van der Waals surface area contributed by atoms with Crippen LogP contribution in [0.4, 0.5) is 10.5 Å². The van der Waals surface area contributed by atoms with Crippen LogP contribution in [0.2, 0.25) is 0 Å². The Hall–Kier alpha value is -2.86. The highest BCUT2D eigenvalue weighted by molar-refractivity contribution is 5.80. The summed E-state index contributed by atoms with van der Waals surface area (Å²) >= 11 is 0. The number of anilines is 1. The molecule has 3 rings (SSSR count). The fourth-order valence-corrected chi connectivity index (χ4v) is 3.14. The van der Waals surface area contributed by atoms with Crippen molar-refractivity contribution in [3.8, 4) is 0 Å². The van der Waals surface area contributed by atoms with Crippen molar-refractivity contribution in [3.05, 3.63) is 65.7 Å². The molecule has 0 unspecified atom stereocenters. The molecule has 0 radical (unpaired) electrons. The lowest BCUT2D eigenvalue weighted by atomic mass is 10.1. The van der Waals surface area contributed by atoms with Crippen molar-refractivity contribution in [1.29, 1.82) is 0 Å². The molecule has 0 atom stereocenters. The lowest BCUT2D eigenvalue weighted by Crippen LogP contribution is -2.49. The minimum Gasteiger partial charge on any atom is -0.444 e. The van der Waals surface area contributed by atoms with Crippen molar-refractivity contribution >= 4 is 18.0 Å². The number of hydrogen-bond donors (Lipinski definition) is 1. The quantitative estimate of drug-likeness (QED) is 0.610. The number of para-hydroxylation sites is 1. The van der Waals surface area contributed by atoms with Crippen LogP contribution in [0.5, 0.6) is 0 Å². The first-order valence-electron chi connectivity index (χ1n) is 10.0. The smallest absolute Gasteiger partial charge is 0.410 e. The van der Waals surface area contributed by atoms with Gasteiger partial charge in [0.05, 0.1) is 11.9 Å². The number of hydrazone groups is 1. The first-order chi connectivity index (χ1) is 13.9. The molecule has 6 nitrogen and oxygen atoms in total. The van der Waals surface area contributed by atoms with E-state index in [0.717, 1.165) is 30.9 Å². The molecule has 1 fully saturated rings. The SMILES string of the molecule is CC(C)(C)OC(=O)N1CCN(Cc2cccc(C=NNc3ccccc3)c2)CC1. The zero-order valence-corrected chi connectivity index (χ0v) is 17.5. The average Bonchev–Trinajstić information content (AvgIpc) is 2.68. The summed E-state index contributed by atoms with van der Waals surface area (Å²) < 4.78 is 5.46. The minimum atomic E-state index is -0.453. The molecule has 1 heterocycles. The predicted molar refractivity (Wildman–Crippen MR) is 117 cm³/mol. The van der Waals surface area contributed by atoms with Crippen LogP contribution in [0.15, 0.2) is 59.7 Å². The van der Waals surface area contributed by atoms with Gasteiger partial charge in [-0.15, -0.1) is 0 Å². The van der Waals surface area contributed by atoms with Gasteiger partial charge in [0.1, 0.15) is 5.60 Å². The molecule has 6 heteroatoms. The maximum Gasteiger partial charge on any atom is 0.410 e. The molecule has 0 saturated carbocycles. The summed E-state index contributed by atoms with van der Waals surface area (Å²) in [6.07, 6.45) is 1.61. The number of rotatable bonds is 5. The van der Waals surface area contributed by atoms with E-state index in [1.54, 1.807) is 4.90 Å². The largest absolute Gasteiger partial charge is 0.444 e. The zero-order chi connectivity index (χ0) is 20.7. The Bertz CT molecular complexity index is 822. The molecule has 2 aromatic rings. The van der Waals surface area contributed by atoms with Crippen molar-refractivity contribution in [2.24, 2.45) is 5.10 Å². The second-order valence-electron chi connectivity index (χ2n) is 8.22. The van der Waals surface area contributed by atoms with Gasteiger partial charge in [0.25, 0.3) is 0 Å². The summed E-state index contributed by atoms with van der Waals surface area (Å²) in [7, 11) is 0. The monoisotopic (exact) mass is 394 g/mol. The second kappa shape index (κ2) is 9.56. The Balaban J connectivity index is 1.49. The summed E-state index contributed by atoms with van der Waals surface area (Å²) in [4.78, 5) is 16.3. The van der Waals surface area contributed by atoms with E-state index in [0.29, 0.717) is 13.1 Å². The van der Waals surface area contributed by atoms with Gasteiger partial charge in [0.2, 0.25) is 0 Å². The van der Waals surface area contributed by atoms with E-state index >= 15 is 0 Å². The van der Waals surface area contributed by atoms with Gasteiger partial charge in [-0.25, -0.2) is 4.79 Å². The molecule has 1 amide bonds. The first-order valence-corrected chi connectivity index (χ1v) is 10.0. The van der Waals surface area contributed by atoms with Crippen molar-refractivity contribution in [3.63, 3.8) is 0 Å². The van der Waals surface area contributed by atoms with Crippen LogP contribution in [0, 0.1) is 0 Å². The fourth-order valence-electron chi connectivity index (χ4n) is 3.14. The van der Waals surface area contributed by atoms with Crippen LogP contribution in [0.25, 0.3) is 0 Å². The number of amides is 1. The highest BCUT2D eigenvalue weighted by Crippen LogP contribution is 2.14. The summed E-state index contributed by atoms with van der Waals surface area (Å²) in [6.45, 7) is 9.61. The van der Waals surface area contributed by atoms with E-state index < -0.39 is 5.60 Å². The Labute approximate surface area is 173 Å². The lowest BCUT2D eigenvalue weighted by molar-refractivity contribution is 0.0139. The summed E-state index contributed by atoms with van der Waals surface area (Å²) in [5.74, 6) is 0. The lowest BCUT2D eigenvalue weighted by Gasteiger charge is -2.35. The topological polar surface area (TPSA) is 57.2 Å². The maximum absolute atomic E-state index is 12.2. The summed E-state index contributed by atoms with van der Waals surface area (Å²) in [6, 6.07) is 18.2. The van der Waals surface area contributed by atoms with E-state index in [1.807, 2.05) is 63.4 Å². The van der Waals surface area contributed by atoms with Crippen molar-refractivity contribution in [2.45, 2.75) is 32.9 Å². The van der Waals surface area contributed by atoms with Crippen molar-refractivity contribution < 1.29 is 9.53 Å². The number of piperazine rings is 1. The molecule has 154 valence electrons. The van der Waals surface area contributed by atoms with Crippen LogP contribution in [-0.4, -0.2) is 53.9 Å². The van der Waals surface area contributed by atoms with Crippen LogP contribution >= 0.6 is 0 Å². The normalized spacial score (nSPS) is 15.5. The molecule has 0 aromatic heterocycles. The van der Waals surface area contributed by atoms with Gasteiger partial charge in [-0.1, -0.05) is 36.4 Å². The van der Waals surface area contributed by atoms with Crippen molar-refractivity contribution in [1.82, 2.24) is 9.80 Å². The number of ether oxygens (including phenoxy) is 1. The molecule has 1 aliphatic rings. The third-order valence-corrected chi connectivity index (χ3v) is 4.56. The minimum absolute atomic E-state index is 0.221. The Morgan fingerprint density at radius 2 is 1.79 bits per heavy atom. The highest BCUT2D eigenvalue weighted by Gasteiger charge is 2.25. The van der Waals surface area contributed by atoms with Gasteiger partial charge in [-0.2, -0.15) is 5.10 Å². The molecular weight excluding hydrogens is 364 g/mol. The van der Waals surface area contributed by atoms with Gasteiger partial charge >= 0.3 is 6.09 Å². The van der Waals surface area contributed by atoms with E-state index in [4.69, 9.17) is 4.74 Å². The number of hydrogen-bond acceptors (Lipinski definition) is 5. The Kier molecular flexibility index (Phi) is 6.88. The van der Waals surface area contributed by atoms with E-state index in [1.165, 1.54) is 5.56 Å².